The van der Waals surface area contributed by atoms with Gasteiger partial charge < -0.3 is 14.8 Å². The van der Waals surface area contributed by atoms with E-state index in [-0.39, 0.29) is 17.9 Å². The second-order valence-electron chi connectivity index (χ2n) is 4.12. The van der Waals surface area contributed by atoms with Crippen LogP contribution in [-0.2, 0) is 14.3 Å². The van der Waals surface area contributed by atoms with E-state index in [9.17, 15) is 9.59 Å². The van der Waals surface area contributed by atoms with Crippen LogP contribution in [0.4, 0.5) is 5.69 Å². The summed E-state index contributed by atoms with van der Waals surface area (Å²) >= 11 is 1.25. The molecule has 0 saturated carbocycles. The van der Waals surface area contributed by atoms with Gasteiger partial charge in [0, 0.05) is 6.61 Å². The highest BCUT2D eigenvalue weighted by molar-refractivity contribution is 7.12. The van der Waals surface area contributed by atoms with Crippen LogP contribution in [0.15, 0.2) is 11.4 Å². The van der Waals surface area contributed by atoms with Crippen LogP contribution in [0.2, 0.25) is 0 Å². The number of rotatable bonds is 3. The second kappa shape index (κ2) is 5.49. The minimum Gasteiger partial charge on any atom is -0.465 e. The lowest BCUT2D eigenvalue weighted by Gasteiger charge is -2.13. The van der Waals surface area contributed by atoms with Crippen LogP contribution in [0.3, 0.4) is 0 Å². The molecule has 0 bridgehead atoms. The molecule has 5 nitrogen and oxygen atoms in total. The van der Waals surface area contributed by atoms with Gasteiger partial charge in [0.2, 0.25) is 5.91 Å². The molecule has 0 spiro atoms. The lowest BCUT2D eigenvalue weighted by Crippen LogP contribution is -2.28. The summed E-state index contributed by atoms with van der Waals surface area (Å²) in [7, 11) is 1.32. The van der Waals surface area contributed by atoms with Gasteiger partial charge in [0.05, 0.1) is 24.8 Å². The first kappa shape index (κ1) is 13.0. The van der Waals surface area contributed by atoms with Crippen molar-refractivity contribution in [3.05, 3.63) is 16.3 Å². The maximum absolute atomic E-state index is 12.0. The highest BCUT2D eigenvalue weighted by Gasteiger charge is 2.31. The Kier molecular flexibility index (Phi) is 3.98. The minimum atomic E-state index is -0.434. The predicted molar refractivity (Wildman–Crippen MR) is 67.8 cm³/mol. The Bertz CT molecular complexity index is 457. The molecule has 0 aromatic carbocycles. The van der Waals surface area contributed by atoms with Crippen molar-refractivity contribution in [1.29, 1.82) is 0 Å². The summed E-state index contributed by atoms with van der Waals surface area (Å²) in [5.74, 6) is -0.699. The smallest absolute Gasteiger partial charge is 0.350 e. The Hall–Kier alpha value is -1.40. The van der Waals surface area contributed by atoms with Crippen molar-refractivity contribution >= 4 is 28.9 Å². The maximum Gasteiger partial charge on any atom is 0.350 e. The molecule has 1 N–H and O–H groups in total. The minimum absolute atomic E-state index is 0.0785. The molecule has 2 unspecified atom stereocenters. The summed E-state index contributed by atoms with van der Waals surface area (Å²) in [4.78, 5) is 23.9. The van der Waals surface area contributed by atoms with Crippen LogP contribution >= 0.6 is 11.3 Å². The second-order valence-corrected chi connectivity index (χ2v) is 5.03. The van der Waals surface area contributed by atoms with Gasteiger partial charge in [-0.25, -0.2) is 4.79 Å². The molecule has 1 aromatic rings. The Morgan fingerprint density at radius 2 is 2.33 bits per heavy atom. The van der Waals surface area contributed by atoms with E-state index in [1.54, 1.807) is 11.4 Å². The number of carbonyl (C=O) groups excluding carboxylic acids is 2. The van der Waals surface area contributed by atoms with Crippen LogP contribution in [0.5, 0.6) is 0 Å². The Balaban J connectivity index is 2.07. The van der Waals surface area contributed by atoms with Gasteiger partial charge in [-0.05, 0) is 24.8 Å². The van der Waals surface area contributed by atoms with Gasteiger partial charge in [0.15, 0.2) is 0 Å². The fourth-order valence-corrected chi connectivity index (χ4v) is 2.73. The topological polar surface area (TPSA) is 64.6 Å². The van der Waals surface area contributed by atoms with E-state index in [1.165, 1.54) is 18.4 Å². The van der Waals surface area contributed by atoms with Gasteiger partial charge in [0.1, 0.15) is 4.88 Å². The van der Waals surface area contributed by atoms with Gasteiger partial charge in [-0.1, -0.05) is 0 Å². The number of nitrogens with one attached hydrogen (secondary N) is 1. The zero-order chi connectivity index (χ0) is 13.1. The highest BCUT2D eigenvalue weighted by atomic mass is 32.1. The average Bonchev–Trinajstić information content (AvgIpc) is 2.97. The molecular weight excluding hydrogens is 254 g/mol. The van der Waals surface area contributed by atoms with Crippen molar-refractivity contribution in [3.63, 3.8) is 0 Å². The number of thiophene rings is 1. The van der Waals surface area contributed by atoms with Crippen LogP contribution < -0.4 is 5.32 Å². The van der Waals surface area contributed by atoms with Crippen LogP contribution in [-0.4, -0.2) is 31.7 Å². The molecule has 1 amide bonds. The number of hydrogen-bond donors (Lipinski definition) is 1. The lowest BCUT2D eigenvalue weighted by atomic mass is 10.0. The van der Waals surface area contributed by atoms with Crippen LogP contribution in [0, 0.1) is 5.92 Å². The Labute approximate surface area is 109 Å². The molecule has 2 rings (SSSR count). The fourth-order valence-electron chi connectivity index (χ4n) is 1.96. The van der Waals surface area contributed by atoms with Crippen molar-refractivity contribution in [3.8, 4) is 0 Å². The molecular formula is C12H15NO4S. The van der Waals surface area contributed by atoms with E-state index >= 15 is 0 Å². The first-order chi connectivity index (χ1) is 8.63. The standard InChI is InChI=1S/C12H15NO4S/c1-7-8(3-5-17-7)11(14)13-9-4-6-18-10(9)12(15)16-2/h4,6-8H,3,5H2,1-2H3,(H,13,14). The van der Waals surface area contributed by atoms with E-state index in [2.05, 4.69) is 10.1 Å². The Morgan fingerprint density at radius 1 is 1.56 bits per heavy atom. The number of hydrogen-bond acceptors (Lipinski definition) is 5. The molecule has 1 aromatic heterocycles. The SMILES string of the molecule is COC(=O)c1sccc1NC(=O)C1CCOC1C. The summed E-state index contributed by atoms with van der Waals surface area (Å²) < 4.78 is 10.0. The molecule has 18 heavy (non-hydrogen) atoms. The molecule has 1 fully saturated rings. The number of carbonyl (C=O) groups is 2. The normalized spacial score (nSPS) is 22.8. The van der Waals surface area contributed by atoms with Gasteiger partial charge >= 0.3 is 5.97 Å². The third-order valence-corrected chi connectivity index (χ3v) is 3.90. The number of esters is 1. The molecule has 98 valence electrons. The van der Waals surface area contributed by atoms with E-state index in [0.717, 1.165) is 0 Å². The first-order valence-corrected chi connectivity index (χ1v) is 6.59. The molecule has 2 heterocycles. The zero-order valence-electron chi connectivity index (χ0n) is 10.3. The zero-order valence-corrected chi connectivity index (χ0v) is 11.1. The van der Waals surface area contributed by atoms with Gasteiger partial charge in [0.25, 0.3) is 0 Å². The quantitative estimate of drug-likeness (QED) is 0.851. The number of anilines is 1. The van der Waals surface area contributed by atoms with Crippen LogP contribution in [0.25, 0.3) is 0 Å². The monoisotopic (exact) mass is 269 g/mol. The van der Waals surface area contributed by atoms with E-state index in [1.807, 2.05) is 6.92 Å². The summed E-state index contributed by atoms with van der Waals surface area (Å²) in [5, 5.41) is 4.52. The summed E-state index contributed by atoms with van der Waals surface area (Å²) in [6, 6.07) is 1.70. The van der Waals surface area contributed by atoms with Gasteiger partial charge in [-0.2, -0.15) is 0 Å². The van der Waals surface area contributed by atoms with E-state index < -0.39 is 5.97 Å². The molecule has 1 aliphatic rings. The number of ether oxygens (including phenoxy) is 2. The first-order valence-electron chi connectivity index (χ1n) is 5.71. The molecule has 6 heteroatoms. The van der Waals surface area contributed by atoms with E-state index in [4.69, 9.17) is 4.74 Å². The summed E-state index contributed by atoms with van der Waals surface area (Å²) in [6.45, 7) is 2.48. The number of amides is 1. The third kappa shape index (κ3) is 2.54. The van der Waals surface area contributed by atoms with Crippen molar-refractivity contribution in [2.24, 2.45) is 5.92 Å². The lowest BCUT2D eigenvalue weighted by molar-refractivity contribution is -0.121. The molecule has 1 saturated heterocycles. The largest absolute Gasteiger partial charge is 0.465 e. The van der Waals surface area contributed by atoms with Crippen molar-refractivity contribution in [2.45, 2.75) is 19.4 Å². The predicted octanol–water partition coefficient (Wildman–Crippen LogP) is 1.90. The van der Waals surface area contributed by atoms with E-state index in [0.29, 0.717) is 23.6 Å². The molecule has 0 aliphatic carbocycles. The third-order valence-electron chi connectivity index (χ3n) is 3.01. The van der Waals surface area contributed by atoms with Crippen molar-refractivity contribution < 1.29 is 19.1 Å². The van der Waals surface area contributed by atoms with Crippen molar-refractivity contribution in [1.82, 2.24) is 0 Å². The summed E-state index contributed by atoms with van der Waals surface area (Å²) in [6.07, 6.45) is 0.634. The number of methoxy groups -OCH3 is 1. The van der Waals surface area contributed by atoms with Crippen LogP contribution in [0.1, 0.15) is 23.0 Å². The Morgan fingerprint density at radius 3 is 2.94 bits per heavy atom. The average molecular weight is 269 g/mol. The molecule has 1 aliphatic heterocycles. The maximum atomic E-state index is 12.0. The molecule has 0 radical (unpaired) electrons. The van der Waals surface area contributed by atoms with Gasteiger partial charge in [-0.3, -0.25) is 4.79 Å². The highest BCUT2D eigenvalue weighted by Crippen LogP contribution is 2.26. The molecule has 2 atom stereocenters. The fraction of sp³-hybridized carbons (Fsp3) is 0.500. The summed E-state index contributed by atoms with van der Waals surface area (Å²) in [5.41, 5.74) is 0.510. The van der Waals surface area contributed by atoms with Gasteiger partial charge in [-0.15, -0.1) is 11.3 Å². The van der Waals surface area contributed by atoms with Crippen molar-refractivity contribution in [2.75, 3.05) is 19.0 Å².